The molecule has 0 unspecified atom stereocenters. The zero-order valence-electron chi connectivity index (χ0n) is 21.4. The molecular formula is C27H35N5O4. The topological polar surface area (TPSA) is 98.6 Å². The third-order valence-electron chi connectivity index (χ3n) is 6.28. The Morgan fingerprint density at radius 1 is 1.17 bits per heavy atom. The second kappa shape index (κ2) is 11.4. The molecular weight excluding hydrogens is 458 g/mol. The Labute approximate surface area is 211 Å². The van der Waals surface area contributed by atoms with E-state index in [9.17, 15) is 9.59 Å². The van der Waals surface area contributed by atoms with Gasteiger partial charge in [0.2, 0.25) is 11.8 Å². The molecule has 9 heteroatoms. The molecule has 2 amide bonds. The average Bonchev–Trinajstić information content (AvgIpc) is 3.62. The summed E-state index contributed by atoms with van der Waals surface area (Å²) in [5.74, 6) is 1.20. The molecule has 0 saturated heterocycles. The van der Waals surface area contributed by atoms with Crippen molar-refractivity contribution >= 4 is 22.8 Å². The first-order chi connectivity index (χ1) is 17.4. The number of carbonyl (C=O) groups excluding carboxylic acids is 2. The maximum absolute atomic E-state index is 13.8. The molecule has 1 saturated carbocycles. The second-order valence-electron chi connectivity index (χ2n) is 9.49. The molecule has 1 fully saturated rings. The Hall–Kier alpha value is -3.62. The Morgan fingerprint density at radius 3 is 2.64 bits per heavy atom. The molecule has 0 spiro atoms. The van der Waals surface area contributed by atoms with E-state index in [0.29, 0.717) is 36.1 Å². The fourth-order valence-electron chi connectivity index (χ4n) is 4.30. The molecule has 1 aliphatic carbocycles. The lowest BCUT2D eigenvalue weighted by molar-refractivity contribution is -0.142. The van der Waals surface area contributed by atoms with E-state index in [1.54, 1.807) is 28.8 Å². The normalized spacial score (nSPS) is 14.0. The maximum atomic E-state index is 13.8. The quantitative estimate of drug-likeness (QED) is 0.413. The van der Waals surface area contributed by atoms with Crippen molar-refractivity contribution < 1.29 is 19.1 Å². The van der Waals surface area contributed by atoms with Gasteiger partial charge in [0.05, 0.1) is 19.2 Å². The number of aromatic nitrogens is 3. The lowest BCUT2D eigenvalue weighted by Gasteiger charge is -2.32. The molecule has 9 nitrogen and oxygen atoms in total. The lowest BCUT2D eigenvalue weighted by atomic mass is 10.0. The second-order valence-corrected chi connectivity index (χ2v) is 9.49. The van der Waals surface area contributed by atoms with Crippen LogP contribution < -0.4 is 14.8 Å². The number of carbonyl (C=O) groups is 2. The van der Waals surface area contributed by atoms with Crippen LogP contribution in [0.2, 0.25) is 0 Å². The van der Waals surface area contributed by atoms with Gasteiger partial charge in [-0.2, -0.15) is 0 Å². The number of benzene rings is 2. The minimum absolute atomic E-state index is 0.000944. The van der Waals surface area contributed by atoms with Gasteiger partial charge < -0.3 is 19.7 Å². The molecule has 192 valence electrons. The summed E-state index contributed by atoms with van der Waals surface area (Å²) in [6, 6.07) is 12.2. The molecule has 36 heavy (non-hydrogen) atoms. The van der Waals surface area contributed by atoms with Gasteiger partial charge in [0, 0.05) is 12.6 Å². The van der Waals surface area contributed by atoms with Crippen molar-refractivity contribution in [3.8, 4) is 11.5 Å². The van der Waals surface area contributed by atoms with Gasteiger partial charge in [0.25, 0.3) is 0 Å². The van der Waals surface area contributed by atoms with Crippen LogP contribution in [-0.4, -0.2) is 58.0 Å². The van der Waals surface area contributed by atoms with Crippen LogP contribution in [0.4, 0.5) is 0 Å². The smallest absolute Gasteiger partial charge is 0.247 e. The number of amides is 2. The SMILES string of the molecule is CCOc1ccc([C@H](C(=O)NCCC(C)C)N(C(=O)Cn2nnc3ccccc32)C2CC2)cc1OC. The maximum Gasteiger partial charge on any atom is 0.247 e. The predicted octanol–water partition coefficient (Wildman–Crippen LogP) is 3.73. The highest BCUT2D eigenvalue weighted by Crippen LogP contribution is 2.38. The van der Waals surface area contributed by atoms with Gasteiger partial charge in [0.15, 0.2) is 11.5 Å². The largest absolute Gasteiger partial charge is 0.493 e. The molecule has 1 aromatic heterocycles. The van der Waals surface area contributed by atoms with Crippen LogP contribution in [0.25, 0.3) is 11.0 Å². The van der Waals surface area contributed by atoms with Crippen LogP contribution in [0.5, 0.6) is 11.5 Å². The van der Waals surface area contributed by atoms with E-state index in [2.05, 4.69) is 29.5 Å². The highest BCUT2D eigenvalue weighted by molar-refractivity contribution is 5.89. The zero-order chi connectivity index (χ0) is 25.7. The van der Waals surface area contributed by atoms with Gasteiger partial charge in [-0.15, -0.1) is 5.10 Å². The summed E-state index contributed by atoms with van der Waals surface area (Å²) in [6.45, 7) is 7.17. The van der Waals surface area contributed by atoms with Gasteiger partial charge >= 0.3 is 0 Å². The van der Waals surface area contributed by atoms with E-state index in [4.69, 9.17) is 9.47 Å². The van der Waals surface area contributed by atoms with Crippen LogP contribution in [0.1, 0.15) is 51.6 Å². The first-order valence-electron chi connectivity index (χ1n) is 12.6. The van der Waals surface area contributed by atoms with E-state index >= 15 is 0 Å². The number of methoxy groups -OCH3 is 1. The van der Waals surface area contributed by atoms with Crippen molar-refractivity contribution in [2.45, 2.75) is 58.7 Å². The first kappa shape index (κ1) is 25.5. The van der Waals surface area contributed by atoms with E-state index in [-0.39, 0.29) is 24.4 Å². The molecule has 4 rings (SSSR count). The third-order valence-corrected chi connectivity index (χ3v) is 6.28. The van der Waals surface area contributed by atoms with Crippen LogP contribution >= 0.6 is 0 Å². The fourth-order valence-corrected chi connectivity index (χ4v) is 4.30. The van der Waals surface area contributed by atoms with E-state index in [1.807, 2.05) is 37.3 Å². The van der Waals surface area contributed by atoms with Crippen molar-refractivity contribution in [1.29, 1.82) is 0 Å². The zero-order valence-corrected chi connectivity index (χ0v) is 21.4. The van der Waals surface area contributed by atoms with Gasteiger partial charge in [-0.3, -0.25) is 9.59 Å². The molecule has 0 radical (unpaired) electrons. The predicted molar refractivity (Wildman–Crippen MR) is 137 cm³/mol. The summed E-state index contributed by atoms with van der Waals surface area (Å²) in [4.78, 5) is 29.1. The molecule has 1 aliphatic rings. The van der Waals surface area contributed by atoms with Crippen molar-refractivity contribution in [3.63, 3.8) is 0 Å². The third kappa shape index (κ3) is 5.78. The van der Waals surface area contributed by atoms with Crippen molar-refractivity contribution in [2.24, 2.45) is 5.92 Å². The Balaban J connectivity index is 1.67. The summed E-state index contributed by atoms with van der Waals surface area (Å²) >= 11 is 0. The van der Waals surface area contributed by atoms with Crippen LogP contribution in [0.3, 0.4) is 0 Å². The van der Waals surface area contributed by atoms with Crippen LogP contribution in [-0.2, 0) is 16.1 Å². The highest BCUT2D eigenvalue weighted by atomic mass is 16.5. The fraction of sp³-hybridized carbons (Fsp3) is 0.481. The number of hydrogen-bond donors (Lipinski definition) is 1. The Bertz CT molecular complexity index is 1200. The summed E-state index contributed by atoms with van der Waals surface area (Å²) in [5.41, 5.74) is 2.19. The summed E-state index contributed by atoms with van der Waals surface area (Å²) in [7, 11) is 1.57. The van der Waals surface area contributed by atoms with Crippen molar-refractivity contribution in [1.82, 2.24) is 25.2 Å². The molecule has 1 atom stereocenters. The lowest BCUT2D eigenvalue weighted by Crippen LogP contribution is -2.46. The number of para-hydroxylation sites is 1. The summed E-state index contributed by atoms with van der Waals surface area (Å²) in [5, 5.41) is 11.4. The number of fused-ring (bicyclic) bond motifs is 1. The molecule has 0 bridgehead atoms. The molecule has 2 aromatic carbocycles. The summed E-state index contributed by atoms with van der Waals surface area (Å²) < 4.78 is 12.8. The van der Waals surface area contributed by atoms with Crippen molar-refractivity contribution in [2.75, 3.05) is 20.3 Å². The van der Waals surface area contributed by atoms with Crippen LogP contribution in [0, 0.1) is 5.92 Å². The molecule has 0 aliphatic heterocycles. The monoisotopic (exact) mass is 493 g/mol. The van der Waals surface area contributed by atoms with Gasteiger partial charge in [0.1, 0.15) is 18.1 Å². The first-order valence-corrected chi connectivity index (χ1v) is 12.6. The number of nitrogens with zero attached hydrogens (tertiary/aromatic N) is 4. The van der Waals surface area contributed by atoms with Crippen LogP contribution in [0.15, 0.2) is 42.5 Å². The number of nitrogens with one attached hydrogen (secondary N) is 1. The van der Waals surface area contributed by atoms with Gasteiger partial charge in [-0.1, -0.05) is 37.3 Å². The number of ether oxygens (including phenoxy) is 2. The number of rotatable bonds is 12. The molecule has 1 N–H and O–H groups in total. The van der Waals surface area contributed by atoms with Crippen molar-refractivity contribution in [3.05, 3.63) is 48.0 Å². The standard InChI is InChI=1S/C27H35N5O4/c1-5-36-23-13-10-19(16-24(23)35-4)26(27(34)28-15-14-18(2)3)32(20-11-12-20)25(33)17-31-22-9-7-6-8-21(22)29-30-31/h6-10,13,16,18,20,26H,5,11-12,14-15,17H2,1-4H3,(H,28,34)/t26-/m1/s1. The average molecular weight is 494 g/mol. The van der Waals surface area contributed by atoms with Gasteiger partial charge in [-0.05, 0) is 61.9 Å². The van der Waals surface area contributed by atoms with E-state index < -0.39 is 6.04 Å². The highest BCUT2D eigenvalue weighted by Gasteiger charge is 2.41. The Morgan fingerprint density at radius 2 is 1.94 bits per heavy atom. The summed E-state index contributed by atoms with van der Waals surface area (Å²) in [6.07, 6.45) is 2.56. The van der Waals surface area contributed by atoms with Gasteiger partial charge in [-0.25, -0.2) is 4.68 Å². The Kier molecular flexibility index (Phi) is 8.07. The molecule has 1 heterocycles. The van der Waals surface area contributed by atoms with E-state index in [1.165, 1.54) is 0 Å². The minimum atomic E-state index is -0.795. The van der Waals surface area contributed by atoms with E-state index in [0.717, 1.165) is 30.3 Å². The number of hydrogen-bond acceptors (Lipinski definition) is 6. The minimum Gasteiger partial charge on any atom is -0.493 e. The molecule has 3 aromatic rings.